The molecule has 3 unspecified atom stereocenters. The molecule has 0 radical (unpaired) electrons. The number of rotatable bonds is 5. The number of likely N-dealkylation sites (N-methyl/N-ethyl adjacent to an activating group) is 1. The third-order valence-corrected chi connectivity index (χ3v) is 11.3. The highest BCUT2D eigenvalue weighted by molar-refractivity contribution is 8.03. The fraction of sp³-hybridized carbons (Fsp3) is 0.375. The van der Waals surface area contributed by atoms with Crippen molar-refractivity contribution in [1.82, 2.24) is 0 Å². The highest BCUT2D eigenvalue weighted by Crippen LogP contribution is 2.48. The van der Waals surface area contributed by atoms with Crippen molar-refractivity contribution in [2.24, 2.45) is 5.92 Å². The molecule has 0 bridgehead atoms. The van der Waals surface area contributed by atoms with Crippen molar-refractivity contribution in [2.75, 3.05) is 29.1 Å². The van der Waals surface area contributed by atoms with Gasteiger partial charge in [-0.25, -0.2) is 0 Å². The first-order valence-electron chi connectivity index (χ1n) is 13.7. The van der Waals surface area contributed by atoms with E-state index in [0.29, 0.717) is 11.3 Å². The number of allylic oxidation sites excluding steroid dienone is 6. The predicted molar refractivity (Wildman–Crippen MR) is 166 cm³/mol. The second kappa shape index (κ2) is 10.8. The molecular formula is C32H36N2OS3. The second-order valence-corrected chi connectivity index (χ2v) is 14.2. The van der Waals surface area contributed by atoms with Gasteiger partial charge in [0.25, 0.3) is 0 Å². The van der Waals surface area contributed by atoms with E-state index in [-0.39, 0.29) is 0 Å². The van der Waals surface area contributed by atoms with Gasteiger partial charge in [0.05, 0.1) is 21.8 Å². The maximum absolute atomic E-state index is 12.1. The molecule has 0 fully saturated rings. The Morgan fingerprint density at radius 2 is 1.82 bits per heavy atom. The molecule has 4 aliphatic rings. The number of hydrogen-bond acceptors (Lipinski definition) is 5. The third kappa shape index (κ3) is 4.96. The van der Waals surface area contributed by atoms with Crippen LogP contribution in [0.5, 0.6) is 0 Å². The van der Waals surface area contributed by atoms with Gasteiger partial charge in [0.1, 0.15) is 0 Å². The fourth-order valence-corrected chi connectivity index (χ4v) is 9.10. The molecule has 0 saturated carbocycles. The van der Waals surface area contributed by atoms with Crippen molar-refractivity contribution in [3.8, 4) is 0 Å². The first-order chi connectivity index (χ1) is 18.4. The summed E-state index contributed by atoms with van der Waals surface area (Å²) in [6.45, 7) is 8.59. The summed E-state index contributed by atoms with van der Waals surface area (Å²) in [4.78, 5) is 8.48. The molecular weight excluding hydrogens is 525 g/mol. The topological polar surface area (TPSA) is 23.6 Å². The van der Waals surface area contributed by atoms with Gasteiger partial charge in [0.2, 0.25) is 0 Å². The zero-order valence-electron chi connectivity index (χ0n) is 22.7. The first kappa shape index (κ1) is 26.1. The maximum atomic E-state index is 12.1. The minimum Gasteiger partial charge on any atom is -0.355 e. The molecule has 2 heterocycles. The molecule has 0 aromatic heterocycles. The van der Waals surface area contributed by atoms with Crippen LogP contribution >= 0.6 is 23.5 Å². The van der Waals surface area contributed by atoms with E-state index < -0.39 is 10.8 Å². The summed E-state index contributed by atoms with van der Waals surface area (Å²) in [6, 6.07) is 13.1. The van der Waals surface area contributed by atoms with Crippen LogP contribution in [0.15, 0.2) is 97.1 Å². The molecule has 0 N–H and O–H groups in total. The SMILES string of the molecule is CCN1C(=CC2=CC3=C/C(=C/C4Sc5ccc(C)cc5N4CC)CCC3CC2)Sc2ccc(S(C)=O)cc21. The Bertz CT molecular complexity index is 1420. The van der Waals surface area contributed by atoms with Gasteiger partial charge in [0, 0.05) is 44.8 Å². The number of nitrogens with zero attached hydrogens (tertiary/aromatic N) is 2. The lowest BCUT2D eigenvalue weighted by Crippen LogP contribution is -2.27. The van der Waals surface area contributed by atoms with Gasteiger partial charge in [-0.3, -0.25) is 4.21 Å². The molecule has 0 saturated heterocycles. The van der Waals surface area contributed by atoms with E-state index in [0.717, 1.165) is 24.4 Å². The van der Waals surface area contributed by atoms with Crippen molar-refractivity contribution in [3.63, 3.8) is 0 Å². The van der Waals surface area contributed by atoms with E-state index >= 15 is 0 Å². The number of fused-ring (bicyclic) bond motifs is 3. The number of benzene rings is 2. The number of aryl methyl sites for hydroxylation is 1. The van der Waals surface area contributed by atoms with Crippen LogP contribution in [0.4, 0.5) is 11.4 Å². The number of hydrogen-bond donors (Lipinski definition) is 0. The van der Waals surface area contributed by atoms with Crippen molar-refractivity contribution in [2.45, 2.75) is 66.5 Å². The molecule has 6 rings (SSSR count). The summed E-state index contributed by atoms with van der Waals surface area (Å²) >= 11 is 3.83. The Morgan fingerprint density at radius 3 is 2.61 bits per heavy atom. The summed E-state index contributed by atoms with van der Waals surface area (Å²) in [5.74, 6) is 0.686. The maximum Gasteiger partial charge on any atom is 0.0988 e. The molecule has 6 heteroatoms. The molecule has 38 heavy (non-hydrogen) atoms. The molecule has 0 amide bonds. The Labute approximate surface area is 238 Å². The van der Waals surface area contributed by atoms with Gasteiger partial charge in [-0.15, -0.1) is 0 Å². The largest absolute Gasteiger partial charge is 0.355 e. The van der Waals surface area contributed by atoms with E-state index in [1.807, 2.05) is 29.6 Å². The van der Waals surface area contributed by atoms with Gasteiger partial charge < -0.3 is 9.80 Å². The molecule has 198 valence electrons. The third-order valence-electron chi connectivity index (χ3n) is 8.07. The van der Waals surface area contributed by atoms with Crippen LogP contribution in [0.1, 0.15) is 45.1 Å². The average Bonchev–Trinajstić information content (AvgIpc) is 3.43. The smallest absolute Gasteiger partial charge is 0.0988 e. The van der Waals surface area contributed by atoms with Crippen LogP contribution < -0.4 is 9.80 Å². The summed E-state index contributed by atoms with van der Waals surface area (Å²) in [6.07, 6.45) is 16.4. The van der Waals surface area contributed by atoms with Crippen molar-refractivity contribution >= 4 is 45.7 Å². The lowest BCUT2D eigenvalue weighted by atomic mass is 9.77. The number of anilines is 2. The van der Waals surface area contributed by atoms with Gasteiger partial charge in [-0.2, -0.15) is 0 Å². The lowest BCUT2D eigenvalue weighted by Gasteiger charge is -2.30. The van der Waals surface area contributed by atoms with E-state index in [2.05, 4.69) is 85.2 Å². The highest BCUT2D eigenvalue weighted by Gasteiger charge is 2.30. The Kier molecular flexibility index (Phi) is 7.41. The Balaban J connectivity index is 1.25. The fourth-order valence-electron chi connectivity index (χ4n) is 6.05. The molecule has 3 atom stereocenters. The van der Waals surface area contributed by atoms with Crippen LogP contribution in [-0.4, -0.2) is 28.9 Å². The van der Waals surface area contributed by atoms with Crippen LogP contribution in [0.25, 0.3) is 0 Å². The molecule has 2 aromatic carbocycles. The van der Waals surface area contributed by atoms with Crippen molar-refractivity contribution in [3.05, 3.63) is 88.0 Å². The van der Waals surface area contributed by atoms with E-state index in [1.54, 1.807) is 6.26 Å². The van der Waals surface area contributed by atoms with Crippen LogP contribution in [0.3, 0.4) is 0 Å². The molecule has 0 spiro atoms. The van der Waals surface area contributed by atoms with Crippen LogP contribution in [0.2, 0.25) is 0 Å². The van der Waals surface area contributed by atoms with Gasteiger partial charge in [0.15, 0.2) is 0 Å². The molecule has 2 aromatic rings. The average molecular weight is 561 g/mol. The zero-order chi connectivity index (χ0) is 26.4. The lowest BCUT2D eigenvalue weighted by molar-refractivity contribution is 0.501. The highest BCUT2D eigenvalue weighted by atomic mass is 32.2. The monoisotopic (exact) mass is 560 g/mol. The number of thioether (sulfide) groups is 2. The Hall–Kier alpha value is -2.15. The molecule has 2 aliphatic heterocycles. The van der Waals surface area contributed by atoms with E-state index in [9.17, 15) is 4.21 Å². The van der Waals surface area contributed by atoms with E-state index in [4.69, 9.17) is 0 Å². The summed E-state index contributed by atoms with van der Waals surface area (Å²) in [7, 11) is -0.966. The van der Waals surface area contributed by atoms with Crippen LogP contribution in [0, 0.1) is 12.8 Å². The van der Waals surface area contributed by atoms with Gasteiger partial charge in [-0.1, -0.05) is 41.7 Å². The first-order valence-corrected chi connectivity index (χ1v) is 17.0. The standard InChI is InChI=1S/C32H36N2OS3/c1-5-33-27-15-21(3)7-13-29(27)36-31(33)18-22-8-10-24-11-9-23(17-25(24)16-22)19-32-34(6-2)28-20-26(38(4)35)12-14-30(28)37-32/h7,12-20,24,31H,5-6,8-11H2,1-4H3/b22-18+,32-19?. The molecule has 3 nitrogen and oxygen atoms in total. The quantitative estimate of drug-likeness (QED) is 0.365. The van der Waals surface area contributed by atoms with Crippen molar-refractivity contribution < 1.29 is 4.21 Å². The second-order valence-electron chi connectivity index (χ2n) is 10.6. The zero-order valence-corrected chi connectivity index (χ0v) is 25.1. The van der Waals surface area contributed by atoms with Gasteiger partial charge in [-0.05, 0) is 117 Å². The minimum atomic E-state index is -0.966. The minimum absolute atomic E-state index is 0.378. The van der Waals surface area contributed by atoms with Crippen molar-refractivity contribution in [1.29, 1.82) is 0 Å². The van der Waals surface area contributed by atoms with E-state index in [1.165, 1.54) is 67.7 Å². The summed E-state index contributed by atoms with van der Waals surface area (Å²) in [5, 5.41) is 1.66. The summed E-state index contributed by atoms with van der Waals surface area (Å²) in [5.41, 5.74) is 8.33. The summed E-state index contributed by atoms with van der Waals surface area (Å²) < 4.78 is 12.1. The normalized spacial score (nSPS) is 25.3. The van der Waals surface area contributed by atoms with Gasteiger partial charge >= 0.3 is 0 Å². The predicted octanol–water partition coefficient (Wildman–Crippen LogP) is 8.45. The molecule has 2 aliphatic carbocycles. The van der Waals surface area contributed by atoms with Crippen LogP contribution in [-0.2, 0) is 10.8 Å². The Morgan fingerprint density at radius 1 is 1.00 bits per heavy atom.